The van der Waals surface area contributed by atoms with Gasteiger partial charge in [0.1, 0.15) is 6.67 Å². The molecule has 0 unspecified atom stereocenters. The summed E-state index contributed by atoms with van der Waals surface area (Å²) in [6, 6.07) is 11.6. The number of rotatable bonds is 5. The predicted molar refractivity (Wildman–Crippen MR) is 101 cm³/mol. The summed E-state index contributed by atoms with van der Waals surface area (Å²) in [5, 5.41) is 16.7. The summed E-state index contributed by atoms with van der Waals surface area (Å²) in [5.41, 5.74) is 9.45. The number of aromatic nitrogens is 4. The minimum Gasteiger partial charge on any atom is -0.472 e. The van der Waals surface area contributed by atoms with Crippen molar-refractivity contribution in [3.63, 3.8) is 0 Å². The van der Waals surface area contributed by atoms with Crippen molar-refractivity contribution in [2.45, 2.75) is 6.67 Å². The van der Waals surface area contributed by atoms with Crippen LogP contribution in [0.1, 0.15) is 5.56 Å². The normalized spacial score (nSPS) is 10.8. The summed E-state index contributed by atoms with van der Waals surface area (Å²) in [6.07, 6.45) is 3.13. The van der Waals surface area contributed by atoms with Gasteiger partial charge in [0, 0.05) is 11.1 Å². The number of nitrogens with one attached hydrogen (secondary N) is 2. The molecule has 2 aromatic carbocycles. The molecule has 9 heteroatoms. The SMILES string of the molecule is NC(=O)Nc1ccc(-c2ccoc2)c(-c2ccccc2CF)c1-c1nn[nH]n1. The van der Waals surface area contributed by atoms with Crippen LogP contribution in [0.4, 0.5) is 14.9 Å². The molecular formula is C19H15FN6O2. The molecule has 2 aromatic heterocycles. The van der Waals surface area contributed by atoms with Crippen LogP contribution in [0.3, 0.4) is 0 Å². The molecule has 0 saturated heterocycles. The smallest absolute Gasteiger partial charge is 0.316 e. The fraction of sp³-hybridized carbons (Fsp3) is 0.0526. The van der Waals surface area contributed by atoms with Gasteiger partial charge >= 0.3 is 6.03 Å². The van der Waals surface area contributed by atoms with Crippen LogP contribution >= 0.6 is 0 Å². The quantitative estimate of drug-likeness (QED) is 0.488. The van der Waals surface area contributed by atoms with E-state index in [1.54, 1.807) is 48.9 Å². The lowest BCUT2D eigenvalue weighted by Gasteiger charge is -2.18. The summed E-state index contributed by atoms with van der Waals surface area (Å²) < 4.78 is 19.0. The fourth-order valence-corrected chi connectivity index (χ4v) is 3.16. The minimum atomic E-state index is -0.745. The Morgan fingerprint density at radius 3 is 2.68 bits per heavy atom. The number of primary amides is 1. The Labute approximate surface area is 158 Å². The first-order valence-corrected chi connectivity index (χ1v) is 8.33. The third-order valence-electron chi connectivity index (χ3n) is 4.30. The second-order valence-electron chi connectivity index (χ2n) is 5.94. The predicted octanol–water partition coefficient (Wildman–Crippen LogP) is 3.75. The maximum absolute atomic E-state index is 13.8. The number of H-pyrrole nitrogens is 1. The van der Waals surface area contributed by atoms with Crippen LogP contribution in [0.15, 0.2) is 59.4 Å². The number of tetrazole rings is 1. The van der Waals surface area contributed by atoms with E-state index < -0.39 is 12.7 Å². The number of halogens is 1. The number of benzene rings is 2. The Hall–Kier alpha value is -4.01. The number of furan rings is 1. The van der Waals surface area contributed by atoms with E-state index in [9.17, 15) is 9.18 Å². The largest absolute Gasteiger partial charge is 0.472 e. The van der Waals surface area contributed by atoms with Gasteiger partial charge in [0.2, 0.25) is 5.82 Å². The minimum absolute atomic E-state index is 0.234. The molecule has 0 aliphatic heterocycles. The van der Waals surface area contributed by atoms with E-state index in [4.69, 9.17) is 10.2 Å². The molecule has 0 spiro atoms. The van der Waals surface area contributed by atoms with Crippen molar-refractivity contribution in [3.05, 3.63) is 60.6 Å². The fourth-order valence-electron chi connectivity index (χ4n) is 3.16. The molecule has 8 nitrogen and oxygen atoms in total. The van der Waals surface area contributed by atoms with E-state index in [0.717, 1.165) is 11.1 Å². The zero-order valence-corrected chi connectivity index (χ0v) is 14.5. The van der Waals surface area contributed by atoms with Crippen molar-refractivity contribution in [1.82, 2.24) is 20.6 Å². The van der Waals surface area contributed by atoms with E-state index >= 15 is 0 Å². The standard InChI is InChI=1S/C19H15FN6O2/c20-9-11-3-1-2-4-13(11)16-14(12-7-8-28-10-12)5-6-15(22-19(21)27)17(16)18-23-25-26-24-18/h1-8,10H,9H2,(H3,21,22,27)(H,23,24,25,26). The van der Waals surface area contributed by atoms with Crippen LogP contribution < -0.4 is 11.1 Å². The summed E-state index contributed by atoms with van der Waals surface area (Å²) >= 11 is 0. The molecule has 4 rings (SSSR count). The van der Waals surface area contributed by atoms with Gasteiger partial charge in [-0.15, -0.1) is 10.2 Å². The van der Waals surface area contributed by atoms with E-state index in [2.05, 4.69) is 25.9 Å². The highest BCUT2D eigenvalue weighted by molar-refractivity contribution is 6.03. The average molecular weight is 378 g/mol. The van der Waals surface area contributed by atoms with Crippen molar-refractivity contribution in [1.29, 1.82) is 0 Å². The van der Waals surface area contributed by atoms with Gasteiger partial charge in [-0.2, -0.15) is 5.21 Å². The number of hydrogen-bond donors (Lipinski definition) is 3. The van der Waals surface area contributed by atoms with Gasteiger partial charge in [-0.3, -0.25) is 0 Å². The highest BCUT2D eigenvalue weighted by Crippen LogP contribution is 2.44. The van der Waals surface area contributed by atoms with E-state index in [1.165, 1.54) is 0 Å². The monoisotopic (exact) mass is 378 g/mol. The number of nitrogens with zero attached hydrogens (tertiary/aromatic N) is 3. The molecule has 0 saturated carbocycles. The van der Waals surface area contributed by atoms with Crippen molar-refractivity contribution in [3.8, 4) is 33.6 Å². The first-order valence-electron chi connectivity index (χ1n) is 8.33. The summed E-state index contributed by atoms with van der Waals surface area (Å²) in [5.74, 6) is 0.234. The van der Waals surface area contributed by atoms with Gasteiger partial charge in [-0.05, 0) is 34.0 Å². The number of anilines is 1. The number of carbonyl (C=O) groups excluding carboxylic acids is 1. The third kappa shape index (κ3) is 3.09. The van der Waals surface area contributed by atoms with Gasteiger partial charge < -0.3 is 15.5 Å². The molecule has 2 amide bonds. The third-order valence-corrected chi connectivity index (χ3v) is 4.30. The maximum Gasteiger partial charge on any atom is 0.316 e. The Bertz CT molecular complexity index is 1110. The summed E-state index contributed by atoms with van der Waals surface area (Å²) in [7, 11) is 0. The molecule has 0 radical (unpaired) electrons. The Balaban J connectivity index is 2.11. The lowest BCUT2D eigenvalue weighted by atomic mass is 9.88. The molecule has 4 aromatic rings. The molecule has 140 valence electrons. The van der Waals surface area contributed by atoms with E-state index in [1.807, 2.05) is 6.07 Å². The Morgan fingerprint density at radius 2 is 2.00 bits per heavy atom. The van der Waals surface area contributed by atoms with Crippen molar-refractivity contribution < 1.29 is 13.6 Å². The number of urea groups is 1. The molecule has 4 N–H and O–H groups in total. The second kappa shape index (κ2) is 7.31. The highest BCUT2D eigenvalue weighted by atomic mass is 19.1. The zero-order valence-electron chi connectivity index (χ0n) is 14.5. The van der Waals surface area contributed by atoms with Gasteiger partial charge in [0.05, 0.1) is 23.8 Å². The lowest BCUT2D eigenvalue weighted by Crippen LogP contribution is -2.20. The van der Waals surface area contributed by atoms with Gasteiger partial charge in [0.25, 0.3) is 0 Å². The number of alkyl halides is 1. The summed E-state index contributed by atoms with van der Waals surface area (Å²) in [6.45, 7) is -0.667. The molecule has 0 fully saturated rings. The number of aromatic amines is 1. The maximum atomic E-state index is 13.8. The van der Waals surface area contributed by atoms with Crippen LogP contribution in [-0.2, 0) is 6.67 Å². The average Bonchev–Trinajstić information content (AvgIpc) is 3.41. The summed E-state index contributed by atoms with van der Waals surface area (Å²) in [4.78, 5) is 11.5. The lowest BCUT2D eigenvalue weighted by molar-refractivity contribution is 0.259. The van der Waals surface area contributed by atoms with Crippen LogP contribution in [0, 0.1) is 0 Å². The van der Waals surface area contributed by atoms with Crippen LogP contribution in [0.5, 0.6) is 0 Å². The van der Waals surface area contributed by atoms with Crippen molar-refractivity contribution in [2.24, 2.45) is 5.73 Å². The number of carbonyl (C=O) groups is 1. The van der Waals surface area contributed by atoms with Crippen molar-refractivity contribution in [2.75, 3.05) is 5.32 Å². The number of nitrogens with two attached hydrogens (primary N) is 1. The Morgan fingerprint density at radius 1 is 1.14 bits per heavy atom. The first kappa shape index (κ1) is 17.4. The van der Waals surface area contributed by atoms with Crippen LogP contribution in [-0.4, -0.2) is 26.7 Å². The van der Waals surface area contributed by atoms with Crippen LogP contribution in [0.25, 0.3) is 33.6 Å². The molecule has 0 atom stereocenters. The number of hydrogen-bond acceptors (Lipinski definition) is 5. The molecule has 0 bridgehead atoms. The molecule has 28 heavy (non-hydrogen) atoms. The molecular weight excluding hydrogens is 363 g/mol. The van der Waals surface area contributed by atoms with E-state index in [0.29, 0.717) is 27.9 Å². The van der Waals surface area contributed by atoms with Crippen LogP contribution in [0.2, 0.25) is 0 Å². The van der Waals surface area contributed by atoms with Crippen molar-refractivity contribution >= 4 is 11.7 Å². The van der Waals surface area contributed by atoms with Gasteiger partial charge in [-0.25, -0.2) is 9.18 Å². The number of amides is 2. The van der Waals surface area contributed by atoms with Gasteiger partial charge in [0.15, 0.2) is 0 Å². The topological polar surface area (TPSA) is 123 Å². The second-order valence-corrected chi connectivity index (χ2v) is 5.94. The van der Waals surface area contributed by atoms with E-state index in [-0.39, 0.29) is 5.82 Å². The van der Waals surface area contributed by atoms with Gasteiger partial charge in [-0.1, -0.05) is 30.3 Å². The molecule has 2 heterocycles. The highest BCUT2D eigenvalue weighted by Gasteiger charge is 2.23. The molecule has 0 aliphatic rings. The first-order chi connectivity index (χ1) is 13.7. The molecule has 0 aliphatic carbocycles. The Kier molecular flexibility index (Phi) is 4.55. The zero-order chi connectivity index (χ0) is 19.5.